The molecule has 2 heterocycles. The molecular formula is C21H41IN4O4. The molecule has 9 heteroatoms. The number of hydrogen-bond donors (Lipinski definition) is 2. The van der Waals surface area contributed by atoms with Gasteiger partial charge >= 0.3 is 6.09 Å². The number of carbonyl (C=O) groups is 1. The van der Waals surface area contributed by atoms with Gasteiger partial charge in [-0.05, 0) is 59.8 Å². The van der Waals surface area contributed by atoms with Crippen molar-refractivity contribution in [2.45, 2.75) is 77.6 Å². The monoisotopic (exact) mass is 540 g/mol. The molecule has 2 fully saturated rings. The predicted octanol–water partition coefficient (Wildman–Crippen LogP) is 3.14. The Morgan fingerprint density at radius 1 is 1.17 bits per heavy atom. The first kappa shape index (κ1) is 27.2. The molecule has 2 aliphatic heterocycles. The molecule has 0 aliphatic carbocycles. The van der Waals surface area contributed by atoms with Crippen molar-refractivity contribution in [3.63, 3.8) is 0 Å². The Kier molecular flexibility index (Phi) is 13.0. The molecule has 0 aromatic carbocycles. The van der Waals surface area contributed by atoms with Crippen LogP contribution in [0.25, 0.3) is 0 Å². The number of alkyl carbamates (subject to hydrolysis) is 1. The predicted molar refractivity (Wildman–Crippen MR) is 130 cm³/mol. The van der Waals surface area contributed by atoms with Gasteiger partial charge in [0.05, 0.1) is 25.4 Å². The highest BCUT2D eigenvalue weighted by Crippen LogP contribution is 2.18. The maximum atomic E-state index is 11.7. The van der Waals surface area contributed by atoms with E-state index in [0.717, 1.165) is 58.1 Å². The lowest BCUT2D eigenvalue weighted by atomic mass is 10.1. The second-order valence-corrected chi connectivity index (χ2v) is 8.67. The van der Waals surface area contributed by atoms with Crippen LogP contribution in [0.1, 0.15) is 59.8 Å². The molecule has 0 aromatic rings. The number of likely N-dealkylation sites (tertiary alicyclic amines) is 1. The van der Waals surface area contributed by atoms with Crippen molar-refractivity contribution < 1.29 is 19.0 Å². The normalized spacial score (nSPS) is 21.0. The van der Waals surface area contributed by atoms with E-state index in [4.69, 9.17) is 14.2 Å². The molecule has 2 aliphatic rings. The summed E-state index contributed by atoms with van der Waals surface area (Å²) in [5.41, 5.74) is -0.488. The Morgan fingerprint density at radius 3 is 2.50 bits per heavy atom. The Labute approximate surface area is 198 Å². The lowest BCUT2D eigenvalue weighted by molar-refractivity contribution is -0.0721. The average Bonchev–Trinajstić information content (AvgIpc) is 2.69. The zero-order valence-electron chi connectivity index (χ0n) is 19.1. The van der Waals surface area contributed by atoms with Gasteiger partial charge in [0.2, 0.25) is 0 Å². The van der Waals surface area contributed by atoms with Gasteiger partial charge < -0.3 is 29.7 Å². The summed E-state index contributed by atoms with van der Waals surface area (Å²) in [6, 6.07) is 0. The summed E-state index contributed by atoms with van der Waals surface area (Å²) in [7, 11) is 0. The van der Waals surface area contributed by atoms with Crippen molar-refractivity contribution in [1.29, 1.82) is 0 Å². The summed E-state index contributed by atoms with van der Waals surface area (Å²) in [6.45, 7) is 12.8. The maximum absolute atomic E-state index is 11.7. The zero-order chi connectivity index (χ0) is 21.1. The molecule has 2 rings (SSSR count). The number of piperidine rings is 1. The first-order chi connectivity index (χ1) is 13.9. The van der Waals surface area contributed by atoms with Crippen molar-refractivity contribution in [3.8, 4) is 0 Å². The molecule has 1 atom stereocenters. The van der Waals surface area contributed by atoms with Gasteiger partial charge in [-0.3, -0.25) is 4.99 Å². The standard InChI is InChI=1S/C21H40N4O4.HI/c1-5-22-19(23-11-12-24-20(26)29-21(2,3)4)25-13-9-17(10-14-25)28-16-18-8-6-7-15-27-18;/h17-18H,5-16H2,1-4H3,(H,22,23)(H,24,26);1H. The first-order valence-electron chi connectivity index (χ1n) is 11.1. The third kappa shape index (κ3) is 11.0. The van der Waals surface area contributed by atoms with Crippen molar-refractivity contribution in [3.05, 3.63) is 0 Å². The molecule has 1 amide bonds. The van der Waals surface area contributed by atoms with Crippen molar-refractivity contribution in [2.24, 2.45) is 4.99 Å². The molecule has 2 saturated heterocycles. The Bertz CT molecular complexity index is 514. The minimum Gasteiger partial charge on any atom is -0.444 e. The van der Waals surface area contributed by atoms with Crippen LogP contribution in [0.2, 0.25) is 0 Å². The minimum absolute atomic E-state index is 0. The number of hydrogen-bond acceptors (Lipinski definition) is 5. The Morgan fingerprint density at radius 2 is 1.90 bits per heavy atom. The number of rotatable bonds is 7. The van der Waals surface area contributed by atoms with E-state index in [1.807, 2.05) is 20.8 Å². The fourth-order valence-corrected chi connectivity index (χ4v) is 3.48. The van der Waals surface area contributed by atoms with E-state index in [9.17, 15) is 4.79 Å². The van der Waals surface area contributed by atoms with Gasteiger partial charge in [0.15, 0.2) is 5.96 Å². The number of aliphatic imine (C=N–C) groups is 1. The molecule has 1 unspecified atom stereocenters. The van der Waals surface area contributed by atoms with Gasteiger partial charge in [-0.2, -0.15) is 0 Å². The smallest absolute Gasteiger partial charge is 0.407 e. The summed E-state index contributed by atoms with van der Waals surface area (Å²) in [4.78, 5) is 18.6. The summed E-state index contributed by atoms with van der Waals surface area (Å²) < 4.78 is 17.1. The molecule has 0 aromatic heterocycles. The lowest BCUT2D eigenvalue weighted by Gasteiger charge is -2.35. The third-order valence-electron chi connectivity index (χ3n) is 4.91. The molecule has 0 radical (unpaired) electrons. The molecule has 0 bridgehead atoms. The van der Waals surface area contributed by atoms with Gasteiger partial charge in [-0.25, -0.2) is 4.79 Å². The second-order valence-electron chi connectivity index (χ2n) is 8.67. The van der Waals surface area contributed by atoms with Crippen LogP contribution in [0.15, 0.2) is 4.99 Å². The van der Waals surface area contributed by atoms with Crippen LogP contribution in [-0.2, 0) is 14.2 Å². The number of carbonyl (C=O) groups excluding carboxylic acids is 1. The minimum atomic E-state index is -0.488. The first-order valence-corrected chi connectivity index (χ1v) is 11.1. The molecule has 2 N–H and O–H groups in total. The molecular weight excluding hydrogens is 499 g/mol. The highest BCUT2D eigenvalue weighted by Gasteiger charge is 2.23. The largest absolute Gasteiger partial charge is 0.444 e. The van der Waals surface area contributed by atoms with E-state index >= 15 is 0 Å². The second kappa shape index (κ2) is 14.3. The molecule has 0 saturated carbocycles. The average molecular weight is 540 g/mol. The van der Waals surface area contributed by atoms with Gasteiger partial charge in [0.25, 0.3) is 0 Å². The van der Waals surface area contributed by atoms with Crippen molar-refractivity contribution in [1.82, 2.24) is 15.5 Å². The zero-order valence-corrected chi connectivity index (χ0v) is 21.4. The lowest BCUT2D eigenvalue weighted by Crippen LogP contribution is -2.47. The van der Waals surface area contributed by atoms with Gasteiger partial charge in [0, 0.05) is 32.8 Å². The highest BCUT2D eigenvalue weighted by molar-refractivity contribution is 14.0. The number of ether oxygens (including phenoxy) is 3. The number of halogens is 1. The van der Waals surface area contributed by atoms with Crippen molar-refractivity contribution in [2.75, 3.05) is 45.9 Å². The summed E-state index contributed by atoms with van der Waals surface area (Å²) in [5.74, 6) is 0.896. The molecule has 0 spiro atoms. The van der Waals surface area contributed by atoms with Crippen LogP contribution in [0.5, 0.6) is 0 Å². The van der Waals surface area contributed by atoms with Crippen LogP contribution < -0.4 is 10.6 Å². The van der Waals surface area contributed by atoms with Crippen LogP contribution in [-0.4, -0.2) is 80.7 Å². The topological polar surface area (TPSA) is 84.4 Å². The molecule has 30 heavy (non-hydrogen) atoms. The fourth-order valence-electron chi connectivity index (χ4n) is 3.48. The number of nitrogens with one attached hydrogen (secondary N) is 2. The van der Waals surface area contributed by atoms with E-state index in [1.165, 1.54) is 12.8 Å². The quantitative estimate of drug-likeness (QED) is 0.224. The fraction of sp³-hybridized carbons (Fsp3) is 0.905. The van der Waals surface area contributed by atoms with Crippen LogP contribution in [0.4, 0.5) is 4.79 Å². The van der Waals surface area contributed by atoms with Crippen LogP contribution >= 0.6 is 24.0 Å². The summed E-state index contributed by atoms with van der Waals surface area (Å²) in [5, 5.41) is 6.10. The summed E-state index contributed by atoms with van der Waals surface area (Å²) >= 11 is 0. The van der Waals surface area contributed by atoms with E-state index in [0.29, 0.717) is 19.2 Å². The van der Waals surface area contributed by atoms with E-state index < -0.39 is 11.7 Å². The van der Waals surface area contributed by atoms with Gasteiger partial charge in [0.1, 0.15) is 5.60 Å². The SMILES string of the molecule is CCNC(=NCCNC(=O)OC(C)(C)C)N1CCC(OCC2CCCCO2)CC1.I. The van der Waals surface area contributed by atoms with E-state index in [1.54, 1.807) is 0 Å². The number of nitrogens with zero attached hydrogens (tertiary/aromatic N) is 2. The van der Waals surface area contributed by atoms with Gasteiger partial charge in [-0.1, -0.05) is 0 Å². The van der Waals surface area contributed by atoms with E-state index in [-0.39, 0.29) is 30.1 Å². The third-order valence-corrected chi connectivity index (χ3v) is 4.91. The molecule has 176 valence electrons. The summed E-state index contributed by atoms with van der Waals surface area (Å²) in [6.07, 6.45) is 5.70. The Balaban J connectivity index is 0.00000450. The van der Waals surface area contributed by atoms with Crippen LogP contribution in [0.3, 0.4) is 0 Å². The van der Waals surface area contributed by atoms with Crippen LogP contribution in [0, 0.1) is 0 Å². The van der Waals surface area contributed by atoms with Crippen molar-refractivity contribution >= 4 is 36.0 Å². The highest BCUT2D eigenvalue weighted by atomic mass is 127. The van der Waals surface area contributed by atoms with Gasteiger partial charge in [-0.15, -0.1) is 24.0 Å². The van der Waals surface area contributed by atoms with E-state index in [2.05, 4.69) is 27.4 Å². The number of amides is 1. The number of guanidine groups is 1. The molecule has 8 nitrogen and oxygen atoms in total. The Hall–Kier alpha value is -0.810. The maximum Gasteiger partial charge on any atom is 0.407 e.